The summed E-state index contributed by atoms with van der Waals surface area (Å²) in [6.07, 6.45) is 1.98. The standard InChI is InChI=1S/C17H23N3O3/c1-12-9-18-16(20-12)19-10-17(4-6-21-7-5-17)13-2-3-14-15(8-13)23-11-22-14/h2-3,8,12H,4-7,9-11H2,1H3,(H2,18,19,20). The van der Waals surface area contributed by atoms with E-state index in [9.17, 15) is 0 Å². The van der Waals surface area contributed by atoms with E-state index in [1.165, 1.54) is 5.56 Å². The van der Waals surface area contributed by atoms with E-state index in [0.29, 0.717) is 12.8 Å². The maximum absolute atomic E-state index is 5.60. The van der Waals surface area contributed by atoms with Gasteiger partial charge in [0.2, 0.25) is 6.79 Å². The molecule has 1 saturated heterocycles. The van der Waals surface area contributed by atoms with Crippen molar-refractivity contribution in [2.45, 2.75) is 31.2 Å². The Morgan fingerprint density at radius 2 is 2.09 bits per heavy atom. The SMILES string of the molecule is CC1CN=C(NCC2(c3ccc4c(c3)OCO4)CCOCC2)N1. The first-order valence-corrected chi connectivity index (χ1v) is 8.28. The van der Waals surface area contributed by atoms with Crippen LogP contribution in [0.1, 0.15) is 25.3 Å². The quantitative estimate of drug-likeness (QED) is 0.882. The molecule has 23 heavy (non-hydrogen) atoms. The summed E-state index contributed by atoms with van der Waals surface area (Å²) < 4.78 is 16.6. The Labute approximate surface area is 136 Å². The Morgan fingerprint density at radius 3 is 2.87 bits per heavy atom. The van der Waals surface area contributed by atoms with Crippen molar-refractivity contribution in [3.8, 4) is 11.5 Å². The van der Waals surface area contributed by atoms with Gasteiger partial charge in [-0.25, -0.2) is 0 Å². The molecular formula is C17H23N3O3. The number of nitrogens with one attached hydrogen (secondary N) is 2. The summed E-state index contributed by atoms with van der Waals surface area (Å²) >= 11 is 0. The van der Waals surface area contributed by atoms with Gasteiger partial charge in [-0.3, -0.25) is 4.99 Å². The minimum absolute atomic E-state index is 0.0370. The van der Waals surface area contributed by atoms with Crippen LogP contribution < -0.4 is 20.1 Å². The topological polar surface area (TPSA) is 64.1 Å². The van der Waals surface area contributed by atoms with Gasteiger partial charge < -0.3 is 24.8 Å². The van der Waals surface area contributed by atoms with E-state index in [4.69, 9.17) is 14.2 Å². The molecule has 0 aliphatic carbocycles. The van der Waals surface area contributed by atoms with Gasteiger partial charge in [-0.05, 0) is 37.5 Å². The zero-order chi connectivity index (χ0) is 15.7. The van der Waals surface area contributed by atoms with Crippen LogP contribution in [0.3, 0.4) is 0 Å². The lowest BCUT2D eigenvalue weighted by Gasteiger charge is -2.38. The number of hydrogen-bond donors (Lipinski definition) is 2. The monoisotopic (exact) mass is 317 g/mol. The van der Waals surface area contributed by atoms with Crippen LogP contribution in [0.25, 0.3) is 0 Å². The Morgan fingerprint density at radius 1 is 1.26 bits per heavy atom. The van der Waals surface area contributed by atoms with Crippen molar-refractivity contribution in [1.82, 2.24) is 10.6 Å². The number of ether oxygens (including phenoxy) is 3. The second-order valence-electron chi connectivity index (χ2n) is 6.55. The van der Waals surface area contributed by atoms with Gasteiger partial charge in [-0.2, -0.15) is 0 Å². The maximum atomic E-state index is 5.60. The van der Waals surface area contributed by atoms with Crippen LogP contribution in [-0.4, -0.2) is 45.1 Å². The van der Waals surface area contributed by atoms with Crippen molar-refractivity contribution in [3.05, 3.63) is 23.8 Å². The molecule has 0 spiro atoms. The first kappa shape index (κ1) is 14.6. The van der Waals surface area contributed by atoms with Crippen LogP contribution >= 0.6 is 0 Å². The van der Waals surface area contributed by atoms with Crippen molar-refractivity contribution in [2.75, 3.05) is 33.1 Å². The summed E-state index contributed by atoms with van der Waals surface area (Å²) in [6.45, 7) is 5.70. The predicted octanol–water partition coefficient (Wildman–Crippen LogP) is 1.40. The van der Waals surface area contributed by atoms with Crippen molar-refractivity contribution in [2.24, 2.45) is 4.99 Å². The second kappa shape index (κ2) is 5.92. The van der Waals surface area contributed by atoms with E-state index in [1.54, 1.807) is 0 Å². The average Bonchev–Trinajstić information content (AvgIpc) is 3.21. The first-order valence-electron chi connectivity index (χ1n) is 8.28. The Balaban J connectivity index is 1.56. The highest BCUT2D eigenvalue weighted by molar-refractivity contribution is 5.81. The second-order valence-corrected chi connectivity index (χ2v) is 6.55. The summed E-state index contributed by atoms with van der Waals surface area (Å²) in [5.74, 6) is 2.59. The van der Waals surface area contributed by atoms with Gasteiger partial charge in [0.15, 0.2) is 17.5 Å². The predicted molar refractivity (Wildman–Crippen MR) is 87.2 cm³/mol. The molecule has 1 fully saturated rings. The van der Waals surface area contributed by atoms with Gasteiger partial charge in [0, 0.05) is 31.2 Å². The van der Waals surface area contributed by atoms with E-state index in [-0.39, 0.29) is 5.41 Å². The molecule has 0 aromatic heterocycles. The first-order chi connectivity index (χ1) is 11.3. The van der Waals surface area contributed by atoms with Crippen LogP contribution in [0.15, 0.2) is 23.2 Å². The van der Waals surface area contributed by atoms with Crippen LogP contribution in [0.2, 0.25) is 0 Å². The number of rotatable bonds is 3. The van der Waals surface area contributed by atoms with E-state index in [1.807, 2.05) is 6.07 Å². The lowest BCUT2D eigenvalue weighted by molar-refractivity contribution is 0.0513. The highest BCUT2D eigenvalue weighted by Gasteiger charge is 2.36. The number of nitrogens with zero attached hydrogens (tertiary/aromatic N) is 1. The Kier molecular flexibility index (Phi) is 3.77. The Bertz CT molecular complexity index is 611. The molecule has 3 aliphatic heterocycles. The zero-order valence-electron chi connectivity index (χ0n) is 13.4. The molecule has 0 saturated carbocycles. The van der Waals surface area contributed by atoms with Gasteiger partial charge >= 0.3 is 0 Å². The van der Waals surface area contributed by atoms with E-state index in [2.05, 4.69) is 34.7 Å². The van der Waals surface area contributed by atoms with Gasteiger partial charge in [0.05, 0.1) is 6.54 Å². The molecule has 6 heteroatoms. The highest BCUT2D eigenvalue weighted by Crippen LogP contribution is 2.40. The fourth-order valence-electron chi connectivity index (χ4n) is 3.47. The molecule has 0 radical (unpaired) electrons. The maximum Gasteiger partial charge on any atom is 0.231 e. The largest absolute Gasteiger partial charge is 0.454 e. The molecule has 1 atom stereocenters. The van der Waals surface area contributed by atoms with Gasteiger partial charge in [0.1, 0.15) is 0 Å². The fourth-order valence-corrected chi connectivity index (χ4v) is 3.47. The van der Waals surface area contributed by atoms with Gasteiger partial charge in [0.25, 0.3) is 0 Å². The number of aliphatic imine (C=N–C) groups is 1. The molecule has 1 aromatic rings. The summed E-state index contributed by atoms with van der Waals surface area (Å²) in [5.41, 5.74) is 1.32. The van der Waals surface area contributed by atoms with Crippen molar-refractivity contribution < 1.29 is 14.2 Å². The van der Waals surface area contributed by atoms with Crippen molar-refractivity contribution in [3.63, 3.8) is 0 Å². The fraction of sp³-hybridized carbons (Fsp3) is 0.588. The molecule has 6 nitrogen and oxygen atoms in total. The number of guanidine groups is 1. The third-order valence-corrected chi connectivity index (χ3v) is 4.94. The van der Waals surface area contributed by atoms with Crippen molar-refractivity contribution in [1.29, 1.82) is 0 Å². The summed E-state index contributed by atoms with van der Waals surface area (Å²) in [7, 11) is 0. The van der Waals surface area contributed by atoms with Crippen LogP contribution in [0, 0.1) is 0 Å². The molecule has 0 amide bonds. The van der Waals surface area contributed by atoms with Crippen LogP contribution in [0.5, 0.6) is 11.5 Å². The normalized spacial score (nSPS) is 24.9. The molecule has 4 rings (SSSR count). The zero-order valence-corrected chi connectivity index (χ0v) is 13.4. The Hall–Kier alpha value is -1.95. The number of fused-ring (bicyclic) bond motifs is 1. The molecule has 2 N–H and O–H groups in total. The van der Waals surface area contributed by atoms with Crippen LogP contribution in [0.4, 0.5) is 0 Å². The molecule has 0 bridgehead atoms. The third kappa shape index (κ3) is 2.83. The van der Waals surface area contributed by atoms with Crippen molar-refractivity contribution >= 4 is 5.96 Å². The summed E-state index contributed by atoms with van der Waals surface area (Å²) in [5, 5.41) is 6.87. The minimum atomic E-state index is 0.0370. The van der Waals surface area contributed by atoms with E-state index < -0.39 is 0 Å². The highest BCUT2D eigenvalue weighted by atomic mass is 16.7. The molecular weight excluding hydrogens is 294 g/mol. The molecule has 124 valence electrons. The molecule has 1 aromatic carbocycles. The van der Waals surface area contributed by atoms with E-state index >= 15 is 0 Å². The number of benzene rings is 1. The lowest BCUT2D eigenvalue weighted by Crippen LogP contribution is -2.47. The minimum Gasteiger partial charge on any atom is -0.454 e. The summed E-state index contributed by atoms with van der Waals surface area (Å²) in [4.78, 5) is 4.50. The summed E-state index contributed by atoms with van der Waals surface area (Å²) in [6, 6.07) is 6.71. The van der Waals surface area contributed by atoms with Crippen LogP contribution in [-0.2, 0) is 10.2 Å². The molecule has 3 aliphatic rings. The number of hydrogen-bond acceptors (Lipinski definition) is 6. The van der Waals surface area contributed by atoms with Gasteiger partial charge in [-0.1, -0.05) is 6.07 Å². The lowest BCUT2D eigenvalue weighted by atomic mass is 9.74. The van der Waals surface area contributed by atoms with E-state index in [0.717, 1.165) is 56.6 Å². The smallest absolute Gasteiger partial charge is 0.231 e. The molecule has 3 heterocycles. The molecule has 1 unspecified atom stereocenters. The van der Waals surface area contributed by atoms with Gasteiger partial charge in [-0.15, -0.1) is 0 Å². The average molecular weight is 317 g/mol. The third-order valence-electron chi connectivity index (χ3n) is 4.94.